The number of aliphatic carboxylic acids is 2. The molecule has 0 spiro atoms. The average Bonchev–Trinajstić information content (AvgIpc) is 3.79. The van der Waals surface area contributed by atoms with Crippen LogP contribution in [0, 0.1) is 5.92 Å². The quantitative estimate of drug-likeness (QED) is 0.0132. The number of nitrogens with zero attached hydrogens (tertiary/aromatic N) is 2. The zero-order chi connectivity index (χ0) is 58.6. The number of hydrogen-bond donors (Lipinski definition) is 19. The number of guanidine groups is 2. The van der Waals surface area contributed by atoms with Gasteiger partial charge in [-0.2, -0.15) is 25.3 Å². The van der Waals surface area contributed by atoms with Crippen LogP contribution >= 0.6 is 25.3 Å². The number of benzene rings is 1. The molecule has 0 unspecified atom stereocenters. The van der Waals surface area contributed by atoms with Gasteiger partial charge in [-0.05, 0) is 76.0 Å². The first-order chi connectivity index (χ1) is 36.8. The number of carboxylic acid groups (broad SMARTS) is 2. The highest BCUT2D eigenvalue weighted by atomic mass is 32.1. The van der Waals surface area contributed by atoms with Gasteiger partial charge in [0.15, 0.2) is 11.9 Å². The maximum absolute atomic E-state index is 14.0. The summed E-state index contributed by atoms with van der Waals surface area (Å²) in [5.74, 6) is -11.6. The molecule has 2 aromatic rings. The molecule has 0 bridgehead atoms. The van der Waals surface area contributed by atoms with Crippen LogP contribution in [0.1, 0.15) is 77.7 Å². The number of carbonyl (C=O) groups excluding carboxylic acids is 8. The molecule has 434 valence electrons. The van der Waals surface area contributed by atoms with E-state index in [0.717, 1.165) is 10.9 Å². The molecule has 31 heteroatoms. The van der Waals surface area contributed by atoms with Gasteiger partial charge >= 0.3 is 11.9 Å². The highest BCUT2D eigenvalue weighted by Gasteiger charge is 2.35. The Hall–Kier alpha value is -7.38. The Bertz CT molecular complexity index is 2440. The number of aromatic amines is 1. The predicted octanol–water partition coefficient (Wildman–Crippen LogP) is -4.75. The lowest BCUT2D eigenvalue weighted by atomic mass is 10.0. The van der Waals surface area contributed by atoms with E-state index >= 15 is 0 Å². The van der Waals surface area contributed by atoms with Crippen LogP contribution < -0.4 is 76.9 Å². The van der Waals surface area contributed by atoms with Crippen LogP contribution in [-0.4, -0.2) is 172 Å². The third-order valence-corrected chi connectivity index (χ3v) is 12.6. The second kappa shape index (κ2) is 34.4. The number of carbonyl (C=O) groups is 10. The van der Waals surface area contributed by atoms with Crippen molar-refractivity contribution in [3.05, 3.63) is 36.0 Å². The van der Waals surface area contributed by atoms with Crippen molar-refractivity contribution in [2.24, 2.45) is 50.3 Å². The number of aliphatic imine (C=N–C) groups is 2. The Morgan fingerprint density at radius 3 is 1.49 bits per heavy atom. The Balaban J connectivity index is 2.35. The predicted molar refractivity (Wildman–Crippen MR) is 296 cm³/mol. The summed E-state index contributed by atoms with van der Waals surface area (Å²) >= 11 is 8.24. The number of amides is 8. The van der Waals surface area contributed by atoms with E-state index in [1.807, 2.05) is 24.3 Å². The topological polar surface area (TPSA) is 504 Å². The fourth-order valence-electron chi connectivity index (χ4n) is 7.41. The summed E-state index contributed by atoms with van der Waals surface area (Å²) in [5.41, 5.74) is 35.0. The average molecular weight is 1140 g/mol. The third-order valence-electron chi connectivity index (χ3n) is 11.9. The van der Waals surface area contributed by atoms with Gasteiger partial charge < -0.3 is 92.1 Å². The Kier molecular flexibility index (Phi) is 29.4. The minimum Gasteiger partial charge on any atom is -0.481 e. The van der Waals surface area contributed by atoms with Crippen LogP contribution in [0.5, 0.6) is 0 Å². The van der Waals surface area contributed by atoms with Crippen molar-refractivity contribution in [2.75, 3.05) is 31.1 Å². The van der Waals surface area contributed by atoms with Gasteiger partial charge in [-0.25, -0.2) is 4.79 Å². The molecule has 0 radical (unpaired) electrons. The molecule has 78 heavy (non-hydrogen) atoms. The fraction of sp³-hybridized carbons (Fsp3) is 0.574. The second-order valence-corrected chi connectivity index (χ2v) is 19.2. The van der Waals surface area contributed by atoms with Crippen molar-refractivity contribution >= 4 is 107 Å². The van der Waals surface area contributed by atoms with Crippen LogP contribution in [0.15, 0.2) is 40.4 Å². The normalized spacial score (nSPS) is 14.5. The van der Waals surface area contributed by atoms with Crippen molar-refractivity contribution in [1.82, 2.24) is 47.5 Å². The zero-order valence-corrected chi connectivity index (χ0v) is 45.6. The number of unbranched alkanes of at least 4 members (excludes halogenated alkanes) is 1. The summed E-state index contributed by atoms with van der Waals surface area (Å²) in [6, 6.07) is -5.37. The van der Waals surface area contributed by atoms with Gasteiger partial charge in [0.1, 0.15) is 48.3 Å². The number of H-pyrrole nitrogens is 1. The molecule has 0 saturated carbocycles. The molecule has 0 aliphatic rings. The van der Waals surface area contributed by atoms with Crippen LogP contribution in [0.25, 0.3) is 10.9 Å². The Labute approximate surface area is 461 Å². The largest absolute Gasteiger partial charge is 0.481 e. The molecule has 29 nitrogen and oxygen atoms in total. The number of rotatable bonds is 36. The molecule has 1 heterocycles. The molecule has 0 aliphatic heterocycles. The second-order valence-electron chi connectivity index (χ2n) is 18.5. The number of aromatic nitrogens is 1. The van der Waals surface area contributed by atoms with Crippen molar-refractivity contribution in [2.45, 2.75) is 133 Å². The van der Waals surface area contributed by atoms with Gasteiger partial charge in [0.25, 0.3) is 0 Å². The molecule has 0 saturated heterocycles. The summed E-state index contributed by atoms with van der Waals surface area (Å²) < 4.78 is 0. The number of fused-ring (bicyclic) bond motifs is 1. The van der Waals surface area contributed by atoms with E-state index in [4.69, 9.17) is 34.4 Å². The summed E-state index contributed by atoms with van der Waals surface area (Å²) in [6.45, 7) is 4.90. The van der Waals surface area contributed by atoms with Gasteiger partial charge in [-0.1, -0.05) is 32.0 Å². The van der Waals surface area contributed by atoms with E-state index in [1.165, 1.54) is 6.92 Å². The van der Waals surface area contributed by atoms with Gasteiger partial charge in [0.2, 0.25) is 47.3 Å². The van der Waals surface area contributed by atoms with E-state index in [0.29, 0.717) is 12.0 Å². The van der Waals surface area contributed by atoms with Crippen LogP contribution in [-0.2, 0) is 54.4 Å². The van der Waals surface area contributed by atoms with Crippen molar-refractivity contribution < 1.29 is 58.2 Å². The molecule has 1 aromatic heterocycles. The van der Waals surface area contributed by atoms with Crippen molar-refractivity contribution in [3.63, 3.8) is 0 Å². The van der Waals surface area contributed by atoms with Gasteiger partial charge in [0.05, 0.1) is 12.5 Å². The van der Waals surface area contributed by atoms with E-state index in [2.05, 4.69) is 82.8 Å². The minimum atomic E-state index is -1.86. The number of hydrogen-bond acceptors (Lipinski definition) is 16. The molecular formula is C47H77N17O12S2. The van der Waals surface area contributed by atoms with E-state index in [-0.39, 0.29) is 93.9 Å². The number of thiol groups is 2. The van der Waals surface area contributed by atoms with Crippen LogP contribution in [0.4, 0.5) is 0 Å². The standard InChI is InChI=1S/C47H77N17O12S2/c1-23(2)36(49)44(74)62-31(18-25-20-56-27-11-5-4-10-26(25)27)41(71)63-33(21-77)43(73)60-29(13-8-16-54-46(50)51)38(68)57-24(3)37(67)61-32(19-35(65)66)42(72)59-28(12-6-7-15-48)39(69)58-30(14-9-17-55-47(52)53)40(70)64-34(22-78)45(75)76/h4-5,10-11,20,23-24,28-34,36,56,77-78H,6-9,12-19,21-22,48-49H2,1-3H3,(H,57,68)(H,58,69)(H,59,72)(H,60,73)(H,61,67)(H,62,74)(H,63,71)(H,64,70)(H,65,66)(H,75,76)(H4,50,51,54)(H4,52,53,55)/t24-,28-,29-,30-,31-,32-,33-,34-,36-/m0/s1. The van der Waals surface area contributed by atoms with Gasteiger partial charge in [-0.3, -0.25) is 53.1 Å². The first kappa shape index (κ1) is 66.7. The number of nitrogens with two attached hydrogens (primary N) is 6. The summed E-state index contributed by atoms with van der Waals surface area (Å²) in [5, 5.41) is 39.8. The van der Waals surface area contributed by atoms with E-state index in [1.54, 1.807) is 20.0 Å². The Morgan fingerprint density at radius 1 is 0.564 bits per heavy atom. The highest BCUT2D eigenvalue weighted by molar-refractivity contribution is 7.80. The monoisotopic (exact) mass is 1140 g/mol. The number of para-hydroxylation sites is 1. The number of nitrogens with one attached hydrogen (secondary N) is 9. The van der Waals surface area contributed by atoms with Crippen molar-refractivity contribution in [1.29, 1.82) is 0 Å². The molecule has 8 amide bonds. The lowest BCUT2D eigenvalue weighted by Crippen LogP contribution is -2.60. The molecule has 1 aromatic carbocycles. The third kappa shape index (κ3) is 23.5. The van der Waals surface area contributed by atoms with E-state index in [9.17, 15) is 58.2 Å². The maximum Gasteiger partial charge on any atom is 0.327 e. The zero-order valence-electron chi connectivity index (χ0n) is 43.8. The first-order valence-electron chi connectivity index (χ1n) is 25.0. The highest BCUT2D eigenvalue weighted by Crippen LogP contribution is 2.20. The molecule has 9 atom stereocenters. The first-order valence-corrected chi connectivity index (χ1v) is 26.3. The minimum absolute atomic E-state index is 0.00420. The van der Waals surface area contributed by atoms with Crippen LogP contribution in [0.2, 0.25) is 0 Å². The lowest BCUT2D eigenvalue weighted by molar-refractivity contribution is -0.141. The van der Waals surface area contributed by atoms with Crippen LogP contribution in [0.3, 0.4) is 0 Å². The maximum atomic E-state index is 14.0. The molecule has 0 aliphatic carbocycles. The smallest absolute Gasteiger partial charge is 0.327 e. The molecule has 23 N–H and O–H groups in total. The Morgan fingerprint density at radius 2 is 1.00 bits per heavy atom. The van der Waals surface area contributed by atoms with Gasteiger partial charge in [0, 0.05) is 48.1 Å². The number of carboxylic acids is 2. The summed E-state index contributed by atoms with van der Waals surface area (Å²) in [4.78, 5) is 144. The lowest BCUT2D eigenvalue weighted by Gasteiger charge is -2.27. The van der Waals surface area contributed by atoms with Gasteiger partial charge in [-0.15, -0.1) is 0 Å². The molecule has 2 rings (SSSR count). The van der Waals surface area contributed by atoms with E-state index < -0.39 is 120 Å². The SMILES string of the molecule is CC(C)[C@H](N)C(=O)N[C@@H](Cc1c[nH]c2ccccc12)C(=O)N[C@@H](CS)C(=O)N[C@@H](CCCN=C(N)N)C(=O)N[C@@H](C)C(=O)N[C@@H](CC(=O)O)C(=O)N[C@@H](CCCCN)C(=O)N[C@@H](CCCN=C(N)N)C(=O)N[C@@H](CS)C(=O)O. The summed E-state index contributed by atoms with van der Waals surface area (Å²) in [6.07, 6.45) is 1.20. The summed E-state index contributed by atoms with van der Waals surface area (Å²) in [7, 11) is 0. The molecular weight excluding hydrogens is 1060 g/mol. The van der Waals surface area contributed by atoms with Crippen molar-refractivity contribution in [3.8, 4) is 0 Å². The molecule has 0 fully saturated rings. The fourth-order valence-corrected chi connectivity index (χ4v) is 7.91.